The molecule has 10 heteroatoms. The minimum atomic E-state index is -0.931. The number of ether oxygens (including phenoxy) is 3. The third kappa shape index (κ3) is 9.10. The monoisotopic (exact) mass is 520 g/mol. The lowest BCUT2D eigenvalue weighted by Crippen LogP contribution is -2.50. The Labute approximate surface area is 221 Å². The topological polar surface area (TPSA) is 115 Å². The fourth-order valence-corrected chi connectivity index (χ4v) is 3.61. The van der Waals surface area contributed by atoms with Crippen LogP contribution in [0, 0.1) is 0 Å². The van der Waals surface area contributed by atoms with Gasteiger partial charge in [0.15, 0.2) is 0 Å². The fraction of sp³-hybridized carbons (Fsp3) is 0.667. The average molecular weight is 521 g/mol. The van der Waals surface area contributed by atoms with Gasteiger partial charge >= 0.3 is 12.2 Å². The van der Waals surface area contributed by atoms with Crippen LogP contribution in [0.2, 0.25) is 0 Å². The SMILES string of the molecule is CCN(C(=O)OC(C)(C)COC(C)(C)C)C(=O)c1cc(N2CCN(C(=O)OC(C)(C)C)CC2)ccc1N. The Morgan fingerprint density at radius 3 is 2.03 bits per heavy atom. The van der Waals surface area contributed by atoms with E-state index in [4.69, 9.17) is 19.9 Å². The quantitative estimate of drug-likeness (QED) is 0.545. The van der Waals surface area contributed by atoms with Gasteiger partial charge in [-0.3, -0.25) is 4.79 Å². The number of rotatable bonds is 6. The van der Waals surface area contributed by atoms with E-state index in [1.54, 1.807) is 37.8 Å². The Kier molecular flexibility index (Phi) is 9.46. The molecule has 1 aliphatic rings. The lowest BCUT2D eigenvalue weighted by Gasteiger charge is -2.37. The summed E-state index contributed by atoms with van der Waals surface area (Å²) in [6.45, 7) is 18.8. The summed E-state index contributed by atoms with van der Waals surface area (Å²) in [7, 11) is 0. The van der Waals surface area contributed by atoms with Crippen LogP contribution in [0.25, 0.3) is 0 Å². The maximum atomic E-state index is 13.4. The molecule has 0 spiro atoms. The third-order valence-electron chi connectivity index (χ3n) is 5.56. The lowest BCUT2D eigenvalue weighted by molar-refractivity contribution is -0.0909. The Morgan fingerprint density at radius 2 is 1.51 bits per heavy atom. The summed E-state index contributed by atoms with van der Waals surface area (Å²) in [6, 6.07) is 5.17. The van der Waals surface area contributed by atoms with Crippen molar-refractivity contribution in [3.05, 3.63) is 23.8 Å². The first-order chi connectivity index (χ1) is 16.9. The van der Waals surface area contributed by atoms with E-state index in [-0.39, 0.29) is 30.5 Å². The maximum absolute atomic E-state index is 13.4. The first kappa shape index (κ1) is 30.2. The number of nitrogen functional groups attached to an aromatic ring is 1. The van der Waals surface area contributed by atoms with E-state index in [9.17, 15) is 14.4 Å². The second-order valence-electron chi connectivity index (χ2n) is 11.8. The zero-order chi connectivity index (χ0) is 28.2. The van der Waals surface area contributed by atoms with Crippen LogP contribution >= 0.6 is 0 Å². The van der Waals surface area contributed by atoms with Crippen molar-refractivity contribution in [2.45, 2.75) is 79.1 Å². The predicted octanol–water partition coefficient (Wildman–Crippen LogP) is 4.52. The van der Waals surface area contributed by atoms with Gasteiger partial charge in [0.1, 0.15) is 11.2 Å². The molecule has 1 aliphatic heterocycles. The van der Waals surface area contributed by atoms with Crippen molar-refractivity contribution in [2.75, 3.05) is 50.0 Å². The highest BCUT2D eigenvalue weighted by Gasteiger charge is 2.32. The van der Waals surface area contributed by atoms with Gasteiger partial charge in [-0.25, -0.2) is 14.5 Å². The smallest absolute Gasteiger partial charge is 0.417 e. The normalized spacial score (nSPS) is 14.8. The number of hydrogen-bond donors (Lipinski definition) is 1. The molecule has 2 N–H and O–H groups in total. The number of carbonyl (C=O) groups excluding carboxylic acids is 3. The van der Waals surface area contributed by atoms with Crippen LogP contribution in [0.1, 0.15) is 72.7 Å². The van der Waals surface area contributed by atoms with E-state index in [1.807, 2.05) is 47.6 Å². The first-order valence-electron chi connectivity index (χ1n) is 12.7. The first-order valence-corrected chi connectivity index (χ1v) is 12.7. The van der Waals surface area contributed by atoms with Gasteiger partial charge in [-0.1, -0.05) is 0 Å². The van der Waals surface area contributed by atoms with Crippen molar-refractivity contribution in [2.24, 2.45) is 0 Å². The number of imide groups is 1. The molecule has 0 unspecified atom stereocenters. The van der Waals surface area contributed by atoms with Crippen LogP contribution in [-0.4, -0.2) is 84.0 Å². The summed E-state index contributed by atoms with van der Waals surface area (Å²) in [5.74, 6) is -0.535. The minimum Gasteiger partial charge on any atom is -0.444 e. The molecular weight excluding hydrogens is 476 g/mol. The molecule has 0 bridgehead atoms. The lowest BCUT2D eigenvalue weighted by atomic mass is 10.1. The second kappa shape index (κ2) is 11.6. The van der Waals surface area contributed by atoms with Crippen molar-refractivity contribution in [3.63, 3.8) is 0 Å². The molecule has 0 aromatic heterocycles. The Bertz CT molecular complexity index is 972. The summed E-state index contributed by atoms with van der Waals surface area (Å²) in [5.41, 5.74) is 5.54. The zero-order valence-electron chi connectivity index (χ0n) is 23.8. The van der Waals surface area contributed by atoms with Crippen molar-refractivity contribution >= 4 is 29.5 Å². The summed E-state index contributed by atoms with van der Waals surface area (Å²) in [4.78, 5) is 43.5. The fourth-order valence-electron chi connectivity index (χ4n) is 3.61. The second-order valence-corrected chi connectivity index (χ2v) is 11.8. The Balaban J connectivity index is 2.11. The summed E-state index contributed by atoms with van der Waals surface area (Å²) in [5, 5.41) is 0. The Hall–Kier alpha value is -3.01. The number of nitrogens with zero attached hydrogens (tertiary/aromatic N) is 3. The van der Waals surface area contributed by atoms with Gasteiger partial charge in [0.2, 0.25) is 0 Å². The molecule has 0 atom stereocenters. The number of hydrogen-bond acceptors (Lipinski definition) is 8. The molecule has 2 rings (SSSR count). The van der Waals surface area contributed by atoms with E-state index < -0.39 is 28.8 Å². The summed E-state index contributed by atoms with van der Waals surface area (Å²) >= 11 is 0. The van der Waals surface area contributed by atoms with Gasteiger partial charge in [0, 0.05) is 44.1 Å². The van der Waals surface area contributed by atoms with Crippen LogP contribution in [0.4, 0.5) is 21.0 Å². The number of nitrogens with two attached hydrogens (primary N) is 1. The zero-order valence-corrected chi connectivity index (χ0v) is 23.8. The van der Waals surface area contributed by atoms with E-state index in [1.165, 1.54) is 0 Å². The maximum Gasteiger partial charge on any atom is 0.417 e. The molecule has 1 aromatic carbocycles. The summed E-state index contributed by atoms with van der Waals surface area (Å²) in [6.07, 6.45) is -1.10. The highest BCUT2D eigenvalue weighted by atomic mass is 16.6. The molecule has 3 amide bonds. The molecule has 1 heterocycles. The standard InChI is InChI=1S/C27H44N4O6/c1-10-31(24(34)37-27(8,9)18-35-25(2,3)4)22(32)20-17-19(11-12-21(20)28)29-13-15-30(16-14-29)23(33)36-26(5,6)7/h11-12,17H,10,13-16,18,28H2,1-9H3. The van der Waals surface area contributed by atoms with Crippen molar-refractivity contribution in [1.82, 2.24) is 9.80 Å². The van der Waals surface area contributed by atoms with Gasteiger partial charge in [0.05, 0.1) is 17.8 Å². The van der Waals surface area contributed by atoms with Crippen molar-refractivity contribution < 1.29 is 28.6 Å². The molecule has 1 fully saturated rings. The van der Waals surface area contributed by atoms with Gasteiger partial charge < -0.3 is 29.7 Å². The van der Waals surface area contributed by atoms with E-state index in [2.05, 4.69) is 4.90 Å². The molecule has 0 radical (unpaired) electrons. The van der Waals surface area contributed by atoms with E-state index in [0.29, 0.717) is 26.2 Å². The van der Waals surface area contributed by atoms with Crippen LogP contribution in [-0.2, 0) is 14.2 Å². The molecule has 0 saturated carbocycles. The van der Waals surface area contributed by atoms with Gasteiger partial charge in [-0.15, -0.1) is 0 Å². The molecule has 208 valence electrons. The van der Waals surface area contributed by atoms with Gasteiger partial charge in [-0.2, -0.15) is 0 Å². The molecule has 37 heavy (non-hydrogen) atoms. The molecular formula is C27H44N4O6. The molecule has 10 nitrogen and oxygen atoms in total. The highest BCUT2D eigenvalue weighted by Crippen LogP contribution is 2.25. The van der Waals surface area contributed by atoms with Gasteiger partial charge in [0.25, 0.3) is 5.91 Å². The molecule has 0 aliphatic carbocycles. The van der Waals surface area contributed by atoms with Crippen molar-refractivity contribution in [3.8, 4) is 0 Å². The number of carbonyl (C=O) groups is 3. The largest absolute Gasteiger partial charge is 0.444 e. The third-order valence-corrected chi connectivity index (χ3v) is 5.56. The molecule has 1 aromatic rings. The number of piperazine rings is 1. The Morgan fingerprint density at radius 1 is 0.919 bits per heavy atom. The predicted molar refractivity (Wildman–Crippen MR) is 144 cm³/mol. The number of anilines is 2. The number of benzene rings is 1. The average Bonchev–Trinajstić information content (AvgIpc) is 2.77. The van der Waals surface area contributed by atoms with Crippen LogP contribution in [0.5, 0.6) is 0 Å². The van der Waals surface area contributed by atoms with Crippen molar-refractivity contribution in [1.29, 1.82) is 0 Å². The van der Waals surface area contributed by atoms with Crippen LogP contribution < -0.4 is 10.6 Å². The highest BCUT2D eigenvalue weighted by molar-refractivity contribution is 6.06. The molecule has 1 saturated heterocycles. The van der Waals surface area contributed by atoms with Gasteiger partial charge in [-0.05, 0) is 80.5 Å². The number of amides is 3. The van der Waals surface area contributed by atoms with E-state index in [0.717, 1.165) is 10.6 Å². The van der Waals surface area contributed by atoms with E-state index >= 15 is 0 Å². The van der Waals surface area contributed by atoms with Crippen LogP contribution in [0.3, 0.4) is 0 Å². The minimum absolute atomic E-state index is 0.117. The van der Waals surface area contributed by atoms with Crippen LogP contribution in [0.15, 0.2) is 18.2 Å². The summed E-state index contributed by atoms with van der Waals surface area (Å²) < 4.78 is 16.8.